The van der Waals surface area contributed by atoms with Gasteiger partial charge in [0.25, 0.3) is 0 Å². The lowest BCUT2D eigenvalue weighted by atomic mass is 9.95. The number of nitrogens with zero attached hydrogens (tertiary/aromatic N) is 4. The van der Waals surface area contributed by atoms with Gasteiger partial charge in [-0.25, -0.2) is 4.98 Å². The van der Waals surface area contributed by atoms with Crippen LogP contribution in [0.5, 0.6) is 0 Å². The number of anilines is 1. The van der Waals surface area contributed by atoms with Gasteiger partial charge >= 0.3 is 0 Å². The van der Waals surface area contributed by atoms with Crippen LogP contribution in [0.25, 0.3) is 11.0 Å². The number of nitrogens with one attached hydrogen (secondary N) is 2. The third-order valence-corrected chi connectivity index (χ3v) is 5.70. The van der Waals surface area contributed by atoms with Crippen molar-refractivity contribution in [3.63, 3.8) is 0 Å². The summed E-state index contributed by atoms with van der Waals surface area (Å²) in [5.74, 6) is 1.45. The van der Waals surface area contributed by atoms with Gasteiger partial charge in [-0.3, -0.25) is 15.0 Å². The smallest absolute Gasteiger partial charge is 0.243 e. The van der Waals surface area contributed by atoms with Gasteiger partial charge in [-0.1, -0.05) is 17.4 Å². The molecule has 1 aliphatic heterocycles. The number of aryl methyl sites for hydroxylation is 1. The standard InChI is InChI=1S/C18H22N6OS/c1-11-3-4-14-15(9-11)21-16(20-14)13-5-7-24(8-6-13)12(2)17(25)22-18-23-19-10-26-18/h3-4,9-10,12-13H,5-8H2,1-2H3,(H,20,21)(H,22,23,25)/t12-/m1/s1. The monoisotopic (exact) mass is 370 g/mol. The summed E-state index contributed by atoms with van der Waals surface area (Å²) < 4.78 is 0. The Labute approximate surface area is 155 Å². The van der Waals surface area contributed by atoms with Crippen molar-refractivity contribution in [1.82, 2.24) is 25.1 Å². The van der Waals surface area contributed by atoms with Crippen LogP contribution in [0.3, 0.4) is 0 Å². The van der Waals surface area contributed by atoms with E-state index in [-0.39, 0.29) is 11.9 Å². The van der Waals surface area contributed by atoms with E-state index in [4.69, 9.17) is 4.98 Å². The maximum absolute atomic E-state index is 12.4. The van der Waals surface area contributed by atoms with Crippen molar-refractivity contribution in [2.24, 2.45) is 0 Å². The van der Waals surface area contributed by atoms with Crippen molar-refractivity contribution in [1.29, 1.82) is 0 Å². The number of hydrogen-bond donors (Lipinski definition) is 2. The Balaban J connectivity index is 1.37. The average molecular weight is 370 g/mol. The fourth-order valence-corrected chi connectivity index (χ4v) is 3.95. The molecule has 4 rings (SSSR count). The summed E-state index contributed by atoms with van der Waals surface area (Å²) in [5.41, 5.74) is 4.98. The van der Waals surface area contributed by atoms with Crippen LogP contribution in [0.15, 0.2) is 23.7 Å². The summed E-state index contributed by atoms with van der Waals surface area (Å²) in [5, 5.41) is 11.0. The molecular weight excluding hydrogens is 348 g/mol. The van der Waals surface area contributed by atoms with Gasteiger partial charge in [-0.2, -0.15) is 0 Å². The molecule has 7 nitrogen and oxygen atoms in total. The third-order valence-electron chi connectivity index (χ3n) is 5.09. The van der Waals surface area contributed by atoms with Crippen LogP contribution < -0.4 is 5.32 Å². The van der Waals surface area contributed by atoms with E-state index in [1.165, 1.54) is 16.9 Å². The summed E-state index contributed by atoms with van der Waals surface area (Å²) in [4.78, 5) is 22.8. The molecule has 0 aliphatic carbocycles. The lowest BCUT2D eigenvalue weighted by Gasteiger charge is -2.34. The molecule has 2 N–H and O–H groups in total. The van der Waals surface area contributed by atoms with Gasteiger partial charge in [-0.15, -0.1) is 10.2 Å². The van der Waals surface area contributed by atoms with E-state index in [0.717, 1.165) is 42.8 Å². The van der Waals surface area contributed by atoms with Crippen LogP contribution in [0, 0.1) is 6.92 Å². The number of piperidine rings is 1. The Morgan fingerprint density at radius 3 is 2.92 bits per heavy atom. The summed E-state index contributed by atoms with van der Waals surface area (Å²) in [6, 6.07) is 6.12. The fourth-order valence-electron chi connectivity index (χ4n) is 3.50. The highest BCUT2D eigenvalue weighted by atomic mass is 32.1. The first kappa shape index (κ1) is 17.1. The van der Waals surface area contributed by atoms with E-state index < -0.39 is 0 Å². The number of benzene rings is 1. The van der Waals surface area contributed by atoms with Crippen LogP contribution >= 0.6 is 11.3 Å². The largest absolute Gasteiger partial charge is 0.342 e. The van der Waals surface area contributed by atoms with Gasteiger partial charge in [0.1, 0.15) is 11.3 Å². The molecule has 0 unspecified atom stereocenters. The highest BCUT2D eigenvalue weighted by molar-refractivity contribution is 7.13. The predicted molar refractivity (Wildman–Crippen MR) is 102 cm³/mol. The quantitative estimate of drug-likeness (QED) is 0.737. The molecule has 0 radical (unpaired) electrons. The zero-order valence-corrected chi connectivity index (χ0v) is 15.7. The SMILES string of the molecule is Cc1ccc2nc(C3CCN([C@H](C)C(=O)Nc4nncs4)CC3)[nH]c2c1. The topological polar surface area (TPSA) is 86.8 Å². The zero-order chi connectivity index (χ0) is 18.1. The van der Waals surface area contributed by atoms with Crippen molar-refractivity contribution >= 4 is 33.4 Å². The molecule has 136 valence electrons. The summed E-state index contributed by atoms with van der Waals surface area (Å²) in [6.45, 7) is 5.80. The molecule has 26 heavy (non-hydrogen) atoms. The summed E-state index contributed by atoms with van der Waals surface area (Å²) >= 11 is 1.33. The highest BCUT2D eigenvalue weighted by Crippen LogP contribution is 2.29. The van der Waals surface area contributed by atoms with E-state index in [1.807, 2.05) is 6.92 Å². The minimum absolute atomic E-state index is 0.0283. The van der Waals surface area contributed by atoms with Gasteiger partial charge in [0.05, 0.1) is 17.1 Å². The van der Waals surface area contributed by atoms with E-state index in [2.05, 4.69) is 50.5 Å². The summed E-state index contributed by atoms with van der Waals surface area (Å²) in [6.07, 6.45) is 1.99. The van der Waals surface area contributed by atoms with Gasteiger partial charge < -0.3 is 4.98 Å². The van der Waals surface area contributed by atoms with Crippen LogP contribution in [-0.2, 0) is 4.79 Å². The number of aromatic amines is 1. The normalized spacial score (nSPS) is 17.5. The molecule has 1 aliphatic rings. The third kappa shape index (κ3) is 3.47. The molecule has 0 saturated carbocycles. The second-order valence-electron chi connectivity index (χ2n) is 6.86. The number of H-pyrrole nitrogens is 1. The van der Waals surface area contributed by atoms with Crippen LogP contribution in [0.1, 0.15) is 37.1 Å². The molecule has 1 fully saturated rings. The van der Waals surface area contributed by atoms with E-state index in [0.29, 0.717) is 11.0 Å². The average Bonchev–Trinajstić information content (AvgIpc) is 3.30. The Hall–Kier alpha value is -2.32. The molecular formula is C18H22N6OS. The zero-order valence-electron chi connectivity index (χ0n) is 14.9. The second-order valence-corrected chi connectivity index (χ2v) is 7.70. The highest BCUT2D eigenvalue weighted by Gasteiger charge is 2.28. The number of likely N-dealkylation sites (tertiary alicyclic amines) is 1. The Bertz CT molecular complexity index is 898. The van der Waals surface area contributed by atoms with Crippen LogP contribution in [0.4, 0.5) is 5.13 Å². The minimum atomic E-state index is -0.182. The van der Waals surface area contributed by atoms with Crippen LogP contribution in [0.2, 0.25) is 0 Å². The Morgan fingerprint density at radius 1 is 1.38 bits per heavy atom. The Morgan fingerprint density at radius 2 is 2.19 bits per heavy atom. The number of aromatic nitrogens is 4. The molecule has 1 aromatic carbocycles. The van der Waals surface area contributed by atoms with E-state index in [1.54, 1.807) is 5.51 Å². The second kappa shape index (κ2) is 7.13. The molecule has 1 atom stereocenters. The number of rotatable bonds is 4. The minimum Gasteiger partial charge on any atom is -0.342 e. The van der Waals surface area contributed by atoms with Crippen LogP contribution in [-0.4, -0.2) is 50.1 Å². The molecule has 0 bridgehead atoms. The van der Waals surface area contributed by atoms with Gasteiger partial charge in [0.15, 0.2) is 0 Å². The van der Waals surface area contributed by atoms with Crippen molar-refractivity contribution in [2.75, 3.05) is 18.4 Å². The van der Waals surface area contributed by atoms with Crippen molar-refractivity contribution in [3.05, 3.63) is 35.1 Å². The Kier molecular flexibility index (Phi) is 4.69. The van der Waals surface area contributed by atoms with Crippen molar-refractivity contribution in [2.45, 2.75) is 38.6 Å². The maximum atomic E-state index is 12.4. The van der Waals surface area contributed by atoms with E-state index >= 15 is 0 Å². The molecule has 1 amide bonds. The fraction of sp³-hybridized carbons (Fsp3) is 0.444. The maximum Gasteiger partial charge on any atom is 0.243 e. The van der Waals surface area contributed by atoms with E-state index in [9.17, 15) is 4.79 Å². The number of carbonyl (C=O) groups is 1. The van der Waals surface area contributed by atoms with Crippen molar-refractivity contribution < 1.29 is 4.79 Å². The molecule has 0 spiro atoms. The predicted octanol–water partition coefficient (Wildman–Crippen LogP) is 2.93. The number of amides is 1. The molecule has 3 heterocycles. The first-order chi connectivity index (χ1) is 12.6. The lowest BCUT2D eigenvalue weighted by Crippen LogP contribution is -2.45. The number of fused-ring (bicyclic) bond motifs is 1. The molecule has 8 heteroatoms. The first-order valence-corrected chi connectivity index (χ1v) is 9.75. The first-order valence-electron chi connectivity index (χ1n) is 8.87. The van der Waals surface area contributed by atoms with Gasteiger partial charge in [0, 0.05) is 5.92 Å². The summed E-state index contributed by atoms with van der Waals surface area (Å²) in [7, 11) is 0. The number of imidazole rings is 1. The lowest BCUT2D eigenvalue weighted by molar-refractivity contribution is -0.121. The molecule has 3 aromatic rings. The van der Waals surface area contributed by atoms with Gasteiger partial charge in [-0.05, 0) is 57.5 Å². The number of carbonyl (C=O) groups excluding carboxylic acids is 1. The molecule has 1 saturated heterocycles. The molecule has 2 aromatic heterocycles. The van der Waals surface area contributed by atoms with Crippen molar-refractivity contribution in [3.8, 4) is 0 Å². The van der Waals surface area contributed by atoms with Gasteiger partial charge in [0.2, 0.25) is 11.0 Å². The number of hydrogen-bond acceptors (Lipinski definition) is 6.